The highest BCUT2D eigenvalue weighted by atomic mass is 16.4. The molecule has 3 N–H and O–H groups in total. The van der Waals surface area contributed by atoms with Gasteiger partial charge in [-0.3, -0.25) is 14.4 Å². The minimum absolute atomic E-state index is 0.223. The first kappa shape index (κ1) is 24.9. The summed E-state index contributed by atoms with van der Waals surface area (Å²) in [6, 6.07) is 0. The number of hydrogen-bond acceptors (Lipinski definition) is 3. The number of unbranched alkanes of at least 4 members (excludes halogenated alkanes) is 7. The van der Waals surface area contributed by atoms with Crippen LogP contribution in [0.3, 0.4) is 0 Å². The van der Waals surface area contributed by atoms with E-state index in [4.69, 9.17) is 5.11 Å². The molecule has 0 aromatic rings. The number of carboxylic acid groups (broad SMARTS) is 3. The van der Waals surface area contributed by atoms with Crippen molar-refractivity contribution in [2.45, 2.75) is 77.6 Å². The molecule has 1 rings (SSSR count). The molecule has 0 unspecified atom stereocenters. The van der Waals surface area contributed by atoms with E-state index < -0.39 is 29.7 Å². The Morgan fingerprint density at radius 3 is 2.03 bits per heavy atom. The smallest absolute Gasteiger partial charge is 0.308 e. The van der Waals surface area contributed by atoms with Gasteiger partial charge in [-0.1, -0.05) is 69.8 Å². The van der Waals surface area contributed by atoms with Crippen molar-refractivity contribution in [1.29, 1.82) is 0 Å². The van der Waals surface area contributed by atoms with Crippen LogP contribution < -0.4 is 0 Å². The Balaban J connectivity index is 2.49. The minimum atomic E-state index is -1.04. The zero-order chi connectivity index (χ0) is 21.6. The fourth-order valence-corrected chi connectivity index (χ4v) is 4.07. The maximum absolute atomic E-state index is 11.8. The highest BCUT2D eigenvalue weighted by Gasteiger charge is 2.43. The second-order valence-corrected chi connectivity index (χ2v) is 7.98. The quantitative estimate of drug-likeness (QED) is 0.255. The van der Waals surface area contributed by atoms with E-state index in [1.165, 1.54) is 0 Å². The molecule has 0 aromatic heterocycles. The highest BCUT2D eigenvalue weighted by molar-refractivity contribution is 5.81. The molecule has 0 saturated carbocycles. The Morgan fingerprint density at radius 2 is 1.45 bits per heavy atom. The van der Waals surface area contributed by atoms with Crippen LogP contribution in [0.5, 0.6) is 0 Å². The largest absolute Gasteiger partial charge is 0.481 e. The Hall–Kier alpha value is -2.11. The van der Waals surface area contributed by atoms with Crippen LogP contribution >= 0.6 is 0 Å². The molecule has 0 bridgehead atoms. The molecule has 0 radical (unpaired) electrons. The van der Waals surface area contributed by atoms with Gasteiger partial charge in [0.25, 0.3) is 0 Å². The summed E-state index contributed by atoms with van der Waals surface area (Å²) in [6.45, 7) is 2.04. The number of carboxylic acids is 3. The van der Waals surface area contributed by atoms with E-state index in [9.17, 15) is 24.6 Å². The molecule has 0 aromatic carbocycles. The number of carbonyl (C=O) groups is 3. The molecule has 0 spiro atoms. The zero-order valence-corrected chi connectivity index (χ0v) is 17.5. The standard InChI is InChI=1S/C23H36O6/c1-2-3-12-17-15-16-18(21(23(28)29)20(17)22(26)27)13-10-8-6-4-5-7-9-11-14-19(24)25/h10,13,15-18,20-21H,2-9,11-12,14H2,1H3,(H,24,25)(H,26,27)(H,28,29)/b13-10-/t17-,18+,20-,21+/m0/s1. The van der Waals surface area contributed by atoms with E-state index in [1.54, 1.807) is 0 Å². The van der Waals surface area contributed by atoms with Gasteiger partial charge in [0.1, 0.15) is 0 Å². The summed E-state index contributed by atoms with van der Waals surface area (Å²) in [7, 11) is 0. The van der Waals surface area contributed by atoms with Gasteiger partial charge in [0.15, 0.2) is 0 Å². The van der Waals surface area contributed by atoms with Crippen molar-refractivity contribution >= 4 is 17.9 Å². The summed E-state index contributed by atoms with van der Waals surface area (Å²) in [6.07, 6.45) is 17.0. The summed E-state index contributed by atoms with van der Waals surface area (Å²) in [5.74, 6) is -5.23. The van der Waals surface area contributed by atoms with Gasteiger partial charge in [-0.2, -0.15) is 0 Å². The van der Waals surface area contributed by atoms with Crippen LogP contribution in [-0.2, 0) is 14.4 Å². The molecular formula is C23H36O6. The van der Waals surface area contributed by atoms with Gasteiger partial charge in [0.05, 0.1) is 11.8 Å². The van der Waals surface area contributed by atoms with Crippen molar-refractivity contribution in [2.75, 3.05) is 0 Å². The number of rotatable bonds is 15. The molecule has 4 atom stereocenters. The summed E-state index contributed by atoms with van der Waals surface area (Å²) in [5, 5.41) is 27.9. The molecule has 6 nitrogen and oxygen atoms in total. The first-order valence-electron chi connectivity index (χ1n) is 10.9. The van der Waals surface area contributed by atoms with Gasteiger partial charge in [-0.15, -0.1) is 0 Å². The van der Waals surface area contributed by atoms with Crippen LogP contribution in [0.15, 0.2) is 24.3 Å². The van der Waals surface area contributed by atoms with Crippen molar-refractivity contribution in [3.05, 3.63) is 24.3 Å². The van der Waals surface area contributed by atoms with Gasteiger partial charge < -0.3 is 15.3 Å². The Bertz CT molecular complexity index is 580. The predicted octanol–water partition coefficient (Wildman–Crippen LogP) is 5.14. The molecule has 0 amide bonds. The van der Waals surface area contributed by atoms with Gasteiger partial charge >= 0.3 is 17.9 Å². The van der Waals surface area contributed by atoms with Crippen molar-refractivity contribution in [3.8, 4) is 0 Å². The van der Waals surface area contributed by atoms with Crippen molar-refractivity contribution in [1.82, 2.24) is 0 Å². The topological polar surface area (TPSA) is 112 Å². The second-order valence-electron chi connectivity index (χ2n) is 7.98. The normalized spacial score (nSPS) is 24.0. The Kier molecular flexibility index (Phi) is 12.0. The van der Waals surface area contributed by atoms with Crippen LogP contribution in [0.4, 0.5) is 0 Å². The molecule has 164 valence electrons. The lowest BCUT2D eigenvalue weighted by Crippen LogP contribution is -2.41. The van der Waals surface area contributed by atoms with E-state index >= 15 is 0 Å². The van der Waals surface area contributed by atoms with Crippen molar-refractivity contribution in [2.24, 2.45) is 23.7 Å². The third kappa shape index (κ3) is 9.29. The summed E-state index contributed by atoms with van der Waals surface area (Å²) < 4.78 is 0. The fraction of sp³-hybridized carbons (Fsp3) is 0.696. The molecule has 0 fully saturated rings. The monoisotopic (exact) mass is 408 g/mol. The number of hydrogen-bond donors (Lipinski definition) is 3. The molecular weight excluding hydrogens is 372 g/mol. The van der Waals surface area contributed by atoms with E-state index in [0.717, 1.165) is 57.8 Å². The van der Waals surface area contributed by atoms with Crippen LogP contribution in [0.1, 0.15) is 77.6 Å². The zero-order valence-electron chi connectivity index (χ0n) is 17.5. The molecule has 29 heavy (non-hydrogen) atoms. The predicted molar refractivity (Wildman–Crippen MR) is 112 cm³/mol. The lowest BCUT2D eigenvalue weighted by Gasteiger charge is -2.33. The Labute approximate surface area is 173 Å². The first-order valence-corrected chi connectivity index (χ1v) is 10.9. The molecule has 0 aliphatic heterocycles. The van der Waals surface area contributed by atoms with Crippen LogP contribution in [0.25, 0.3) is 0 Å². The van der Waals surface area contributed by atoms with Crippen LogP contribution in [0, 0.1) is 23.7 Å². The average molecular weight is 409 g/mol. The van der Waals surface area contributed by atoms with E-state index in [2.05, 4.69) is 0 Å². The summed E-state index contributed by atoms with van der Waals surface area (Å²) >= 11 is 0. The lowest BCUT2D eigenvalue weighted by molar-refractivity contribution is -0.157. The average Bonchev–Trinajstić information content (AvgIpc) is 2.67. The maximum Gasteiger partial charge on any atom is 0.308 e. The van der Waals surface area contributed by atoms with Crippen LogP contribution in [-0.4, -0.2) is 33.2 Å². The molecule has 1 aliphatic rings. The highest BCUT2D eigenvalue weighted by Crippen LogP contribution is 2.38. The van der Waals surface area contributed by atoms with Gasteiger partial charge in [-0.25, -0.2) is 0 Å². The lowest BCUT2D eigenvalue weighted by atomic mass is 9.69. The molecule has 6 heteroatoms. The summed E-state index contributed by atoms with van der Waals surface area (Å²) in [4.78, 5) is 34.1. The van der Waals surface area contributed by atoms with Crippen LogP contribution in [0.2, 0.25) is 0 Å². The third-order valence-corrected chi connectivity index (χ3v) is 5.67. The first-order chi connectivity index (χ1) is 13.9. The number of allylic oxidation sites excluding steroid dienone is 4. The molecule has 1 aliphatic carbocycles. The minimum Gasteiger partial charge on any atom is -0.481 e. The van der Waals surface area contributed by atoms with Gasteiger partial charge in [-0.05, 0) is 31.6 Å². The summed E-state index contributed by atoms with van der Waals surface area (Å²) in [5.41, 5.74) is 0. The molecule has 0 saturated heterocycles. The molecule has 0 heterocycles. The SMILES string of the molecule is CCCC[C@H]1C=C[C@@H](/C=C\CCCCCCCCC(=O)O)[C@@H](C(=O)O)[C@H]1C(=O)O. The second kappa shape index (κ2) is 14.0. The van der Waals surface area contributed by atoms with Crippen molar-refractivity contribution in [3.63, 3.8) is 0 Å². The fourth-order valence-electron chi connectivity index (χ4n) is 4.07. The van der Waals surface area contributed by atoms with Crippen molar-refractivity contribution < 1.29 is 29.7 Å². The maximum atomic E-state index is 11.8. The van der Waals surface area contributed by atoms with E-state index in [1.807, 2.05) is 31.2 Å². The van der Waals surface area contributed by atoms with E-state index in [0.29, 0.717) is 6.42 Å². The Morgan fingerprint density at radius 1 is 0.828 bits per heavy atom. The van der Waals surface area contributed by atoms with Gasteiger partial charge in [0, 0.05) is 12.3 Å². The number of aliphatic carboxylic acids is 3. The third-order valence-electron chi connectivity index (χ3n) is 5.67. The van der Waals surface area contributed by atoms with E-state index in [-0.39, 0.29) is 18.3 Å². The van der Waals surface area contributed by atoms with Gasteiger partial charge in [0.2, 0.25) is 0 Å².